The fourth-order valence-electron chi connectivity index (χ4n) is 2.96. The van der Waals surface area contributed by atoms with Crippen LogP contribution in [0.1, 0.15) is 58.4 Å². The van der Waals surface area contributed by atoms with E-state index in [2.05, 4.69) is 6.92 Å². The Bertz CT molecular complexity index is 442. The van der Waals surface area contributed by atoms with Crippen molar-refractivity contribution < 1.29 is 15.0 Å². The van der Waals surface area contributed by atoms with Crippen molar-refractivity contribution >= 4 is 5.97 Å². The van der Waals surface area contributed by atoms with E-state index in [1.54, 1.807) is 31.2 Å². The average molecular weight is 278 g/mol. The first kappa shape index (κ1) is 16.5. The lowest BCUT2D eigenvalue weighted by Gasteiger charge is -2.34. The minimum atomic E-state index is -1.03. The zero-order valence-electron chi connectivity index (χ0n) is 12.7. The number of phenolic OH excluding ortho intramolecular Hbond substituents is 1. The van der Waals surface area contributed by atoms with Gasteiger partial charge in [-0.05, 0) is 25.3 Å². The van der Waals surface area contributed by atoms with E-state index in [0.29, 0.717) is 5.56 Å². The smallest absolute Gasteiger partial charge is 0.314 e. The quantitative estimate of drug-likeness (QED) is 0.695. The van der Waals surface area contributed by atoms with Crippen LogP contribution in [0.5, 0.6) is 5.75 Å². The Balaban J connectivity index is 3.13. The number of carbonyl (C=O) groups is 1. The van der Waals surface area contributed by atoms with Gasteiger partial charge in [0.05, 0.1) is 5.41 Å². The lowest BCUT2D eigenvalue weighted by Crippen LogP contribution is -2.40. The van der Waals surface area contributed by atoms with Crippen LogP contribution in [0.2, 0.25) is 0 Å². The summed E-state index contributed by atoms with van der Waals surface area (Å²) in [6.45, 7) is 5.91. The summed E-state index contributed by atoms with van der Waals surface area (Å²) in [5.41, 5.74) is -0.510. The molecule has 2 N–H and O–H groups in total. The van der Waals surface area contributed by atoms with E-state index in [9.17, 15) is 15.0 Å². The molecule has 112 valence electrons. The summed E-state index contributed by atoms with van der Waals surface area (Å²) in [6, 6.07) is 6.80. The molecule has 0 amide bonds. The third kappa shape index (κ3) is 3.33. The van der Waals surface area contributed by atoms with Gasteiger partial charge in [0.1, 0.15) is 5.75 Å². The second-order valence-electron chi connectivity index (χ2n) is 5.63. The third-order valence-electron chi connectivity index (χ3n) is 4.37. The fourth-order valence-corrected chi connectivity index (χ4v) is 2.96. The summed E-state index contributed by atoms with van der Waals surface area (Å²) in [5.74, 6) is -0.756. The first-order valence-electron chi connectivity index (χ1n) is 7.50. The van der Waals surface area contributed by atoms with Crippen molar-refractivity contribution in [2.75, 3.05) is 0 Å². The standard InChI is InChI=1S/C17H26O3/c1-4-6-7-10-13(5-2)17(3,16(19)20)14-11-8-9-12-15(14)18/h8-9,11-13,18H,4-7,10H2,1-3H3,(H,19,20). The van der Waals surface area contributed by atoms with Crippen molar-refractivity contribution in [1.82, 2.24) is 0 Å². The van der Waals surface area contributed by atoms with Crippen LogP contribution in [0, 0.1) is 5.92 Å². The van der Waals surface area contributed by atoms with Gasteiger partial charge in [0.15, 0.2) is 0 Å². The number of hydrogen-bond acceptors (Lipinski definition) is 2. The van der Waals surface area contributed by atoms with Crippen LogP contribution in [0.4, 0.5) is 0 Å². The topological polar surface area (TPSA) is 57.5 Å². The molecule has 2 atom stereocenters. The summed E-state index contributed by atoms with van der Waals surface area (Å²) in [4.78, 5) is 11.9. The molecule has 0 heterocycles. The molecule has 1 aromatic carbocycles. The van der Waals surface area contributed by atoms with E-state index in [0.717, 1.165) is 32.1 Å². The molecule has 0 fully saturated rings. The summed E-state index contributed by atoms with van der Waals surface area (Å²) < 4.78 is 0. The van der Waals surface area contributed by atoms with Crippen molar-refractivity contribution in [2.24, 2.45) is 5.92 Å². The highest BCUT2D eigenvalue weighted by atomic mass is 16.4. The molecular weight excluding hydrogens is 252 g/mol. The maximum atomic E-state index is 11.9. The van der Waals surface area contributed by atoms with Crippen LogP contribution in [-0.2, 0) is 10.2 Å². The molecule has 0 saturated carbocycles. The number of carboxylic acid groups (broad SMARTS) is 1. The number of carboxylic acids is 1. The van der Waals surface area contributed by atoms with Crippen LogP contribution in [0.25, 0.3) is 0 Å². The normalized spacial score (nSPS) is 15.6. The molecule has 0 spiro atoms. The molecule has 3 heteroatoms. The number of unbranched alkanes of at least 4 members (excludes halogenated alkanes) is 2. The first-order chi connectivity index (χ1) is 9.48. The van der Waals surface area contributed by atoms with Gasteiger partial charge in [-0.25, -0.2) is 0 Å². The number of hydrogen-bond donors (Lipinski definition) is 2. The number of para-hydroxylation sites is 1. The minimum Gasteiger partial charge on any atom is -0.508 e. The molecule has 1 aromatic rings. The van der Waals surface area contributed by atoms with E-state index < -0.39 is 11.4 Å². The van der Waals surface area contributed by atoms with Crippen LogP contribution in [0.3, 0.4) is 0 Å². The Morgan fingerprint density at radius 2 is 1.90 bits per heavy atom. The zero-order chi connectivity index (χ0) is 15.2. The summed E-state index contributed by atoms with van der Waals surface area (Å²) >= 11 is 0. The SMILES string of the molecule is CCCCCC(CC)C(C)(C(=O)O)c1ccccc1O. The van der Waals surface area contributed by atoms with Crippen molar-refractivity contribution in [3.8, 4) is 5.75 Å². The number of phenols is 1. The van der Waals surface area contributed by atoms with Crippen LogP contribution >= 0.6 is 0 Å². The highest BCUT2D eigenvalue weighted by molar-refractivity contribution is 5.82. The van der Waals surface area contributed by atoms with Gasteiger partial charge in [-0.2, -0.15) is 0 Å². The third-order valence-corrected chi connectivity index (χ3v) is 4.37. The zero-order valence-corrected chi connectivity index (χ0v) is 12.7. The Hall–Kier alpha value is -1.51. The summed E-state index contributed by atoms with van der Waals surface area (Å²) in [5, 5.41) is 19.8. The van der Waals surface area contributed by atoms with E-state index in [4.69, 9.17) is 0 Å². The monoisotopic (exact) mass is 278 g/mol. The second kappa shape index (κ2) is 7.32. The van der Waals surface area contributed by atoms with Gasteiger partial charge in [-0.15, -0.1) is 0 Å². The van der Waals surface area contributed by atoms with E-state index >= 15 is 0 Å². The molecule has 0 aliphatic rings. The number of rotatable bonds is 8. The summed E-state index contributed by atoms with van der Waals surface area (Å²) in [6.07, 6.45) is 4.94. The average Bonchev–Trinajstić information content (AvgIpc) is 2.43. The second-order valence-corrected chi connectivity index (χ2v) is 5.63. The lowest BCUT2D eigenvalue weighted by molar-refractivity contribution is -0.145. The van der Waals surface area contributed by atoms with Gasteiger partial charge in [0.2, 0.25) is 0 Å². The van der Waals surface area contributed by atoms with Crippen molar-refractivity contribution in [1.29, 1.82) is 0 Å². The van der Waals surface area contributed by atoms with Crippen molar-refractivity contribution in [3.63, 3.8) is 0 Å². The Labute approximate surface area is 121 Å². The van der Waals surface area contributed by atoms with Gasteiger partial charge in [0, 0.05) is 5.56 Å². The summed E-state index contributed by atoms with van der Waals surface area (Å²) in [7, 11) is 0. The van der Waals surface area contributed by atoms with Crippen LogP contribution in [0.15, 0.2) is 24.3 Å². The molecular formula is C17H26O3. The molecule has 1 rings (SSSR count). The maximum Gasteiger partial charge on any atom is 0.314 e. The Morgan fingerprint density at radius 3 is 2.40 bits per heavy atom. The van der Waals surface area contributed by atoms with Crippen molar-refractivity contribution in [3.05, 3.63) is 29.8 Å². The molecule has 0 radical (unpaired) electrons. The van der Waals surface area contributed by atoms with Gasteiger partial charge in [-0.1, -0.05) is 57.7 Å². The molecule has 0 aliphatic carbocycles. The Morgan fingerprint density at radius 1 is 1.25 bits per heavy atom. The Kier molecular flexibility index (Phi) is 6.05. The molecule has 0 saturated heterocycles. The number of benzene rings is 1. The van der Waals surface area contributed by atoms with Crippen LogP contribution < -0.4 is 0 Å². The molecule has 0 aliphatic heterocycles. The van der Waals surface area contributed by atoms with E-state index in [1.165, 1.54) is 0 Å². The molecule has 0 aromatic heterocycles. The number of aliphatic carboxylic acids is 1. The number of aromatic hydroxyl groups is 1. The predicted octanol–water partition coefficient (Wildman–Crippen LogP) is 4.34. The molecule has 20 heavy (non-hydrogen) atoms. The lowest BCUT2D eigenvalue weighted by atomic mass is 9.68. The largest absolute Gasteiger partial charge is 0.508 e. The van der Waals surface area contributed by atoms with Crippen LogP contribution in [-0.4, -0.2) is 16.2 Å². The molecule has 2 unspecified atom stereocenters. The molecule has 0 bridgehead atoms. The minimum absolute atomic E-state index is 0.0276. The van der Waals surface area contributed by atoms with Crippen molar-refractivity contribution in [2.45, 2.75) is 58.3 Å². The highest BCUT2D eigenvalue weighted by Crippen LogP contribution is 2.41. The predicted molar refractivity (Wildman–Crippen MR) is 81.0 cm³/mol. The first-order valence-corrected chi connectivity index (χ1v) is 7.50. The van der Waals surface area contributed by atoms with Gasteiger partial charge >= 0.3 is 5.97 Å². The maximum absolute atomic E-state index is 11.9. The van der Waals surface area contributed by atoms with Gasteiger partial charge < -0.3 is 10.2 Å². The van der Waals surface area contributed by atoms with Gasteiger partial charge in [0.25, 0.3) is 0 Å². The molecule has 3 nitrogen and oxygen atoms in total. The van der Waals surface area contributed by atoms with Gasteiger partial charge in [-0.3, -0.25) is 4.79 Å². The van der Waals surface area contributed by atoms with E-state index in [-0.39, 0.29) is 11.7 Å². The highest BCUT2D eigenvalue weighted by Gasteiger charge is 2.43. The fraction of sp³-hybridized carbons (Fsp3) is 0.588. The van der Waals surface area contributed by atoms with E-state index in [1.807, 2.05) is 6.92 Å².